The lowest BCUT2D eigenvalue weighted by Crippen LogP contribution is -2.53. The van der Waals surface area contributed by atoms with Crippen LogP contribution in [0.5, 0.6) is 0 Å². The second kappa shape index (κ2) is 4.87. The number of rotatable bonds is 5. The molecule has 5 heteroatoms. The maximum atomic E-state index is 11.4. The van der Waals surface area contributed by atoms with Crippen LogP contribution in [0.1, 0.15) is 25.7 Å². The molecule has 2 rings (SSSR count). The van der Waals surface area contributed by atoms with Gasteiger partial charge >= 0.3 is 5.97 Å². The molecule has 0 amide bonds. The molecule has 0 spiro atoms. The van der Waals surface area contributed by atoms with E-state index in [2.05, 4.69) is 10.4 Å². The molecule has 1 saturated carbocycles. The van der Waals surface area contributed by atoms with E-state index in [1.54, 1.807) is 13.2 Å². The number of carboxylic acids is 1. The van der Waals surface area contributed by atoms with Crippen LogP contribution in [-0.4, -0.2) is 33.4 Å². The summed E-state index contributed by atoms with van der Waals surface area (Å²) in [6, 6.07) is 1.89. The van der Waals surface area contributed by atoms with E-state index in [-0.39, 0.29) is 5.92 Å². The van der Waals surface area contributed by atoms with Gasteiger partial charge in [0.25, 0.3) is 0 Å². The van der Waals surface area contributed by atoms with E-state index in [1.165, 1.54) is 0 Å². The van der Waals surface area contributed by atoms with E-state index < -0.39 is 11.5 Å². The van der Waals surface area contributed by atoms with Gasteiger partial charge in [-0.2, -0.15) is 5.10 Å². The van der Waals surface area contributed by atoms with Crippen LogP contribution in [0.25, 0.3) is 0 Å². The highest BCUT2D eigenvalue weighted by Gasteiger charge is 2.47. The van der Waals surface area contributed by atoms with Gasteiger partial charge in [0, 0.05) is 18.9 Å². The average Bonchev–Trinajstić information content (AvgIpc) is 2.96. The van der Waals surface area contributed by atoms with Crippen molar-refractivity contribution in [2.24, 2.45) is 5.92 Å². The van der Waals surface area contributed by atoms with E-state index in [0.717, 1.165) is 32.2 Å². The molecule has 17 heavy (non-hydrogen) atoms. The zero-order chi connectivity index (χ0) is 12.3. The number of carboxylic acid groups (broad SMARTS) is 1. The molecule has 1 aliphatic rings. The maximum absolute atomic E-state index is 11.4. The summed E-state index contributed by atoms with van der Waals surface area (Å²) in [6.45, 7) is 0.786. The number of nitrogens with one attached hydrogen (secondary N) is 1. The van der Waals surface area contributed by atoms with Crippen LogP contribution in [0.4, 0.5) is 0 Å². The van der Waals surface area contributed by atoms with Crippen LogP contribution in [0, 0.1) is 5.92 Å². The van der Waals surface area contributed by atoms with Gasteiger partial charge in [-0.25, -0.2) is 0 Å². The summed E-state index contributed by atoms with van der Waals surface area (Å²) >= 11 is 0. The van der Waals surface area contributed by atoms with Crippen molar-refractivity contribution in [2.75, 3.05) is 7.05 Å². The Morgan fingerprint density at radius 1 is 1.71 bits per heavy atom. The first kappa shape index (κ1) is 12.1. The summed E-state index contributed by atoms with van der Waals surface area (Å²) in [7, 11) is 1.75. The molecular formula is C12H19N3O2. The first-order chi connectivity index (χ1) is 8.19. The van der Waals surface area contributed by atoms with Gasteiger partial charge in [-0.05, 0) is 38.3 Å². The second-order valence-corrected chi connectivity index (χ2v) is 4.67. The molecule has 94 valence electrons. The third kappa shape index (κ3) is 2.20. The summed E-state index contributed by atoms with van der Waals surface area (Å²) < 4.78 is 1.86. The zero-order valence-electron chi connectivity index (χ0n) is 10.1. The van der Waals surface area contributed by atoms with Crippen molar-refractivity contribution in [1.29, 1.82) is 0 Å². The number of aromatic nitrogens is 2. The van der Waals surface area contributed by atoms with Gasteiger partial charge in [0.2, 0.25) is 0 Å². The maximum Gasteiger partial charge on any atom is 0.324 e. The van der Waals surface area contributed by atoms with Crippen molar-refractivity contribution < 1.29 is 9.90 Å². The highest BCUT2D eigenvalue weighted by Crippen LogP contribution is 2.38. The van der Waals surface area contributed by atoms with Crippen LogP contribution in [-0.2, 0) is 11.3 Å². The van der Waals surface area contributed by atoms with Gasteiger partial charge in [-0.1, -0.05) is 6.42 Å². The van der Waals surface area contributed by atoms with Gasteiger partial charge in [0.15, 0.2) is 0 Å². The third-order valence-corrected chi connectivity index (χ3v) is 3.91. The Hall–Kier alpha value is -1.36. The Morgan fingerprint density at radius 2 is 2.53 bits per heavy atom. The van der Waals surface area contributed by atoms with E-state index in [9.17, 15) is 9.90 Å². The van der Waals surface area contributed by atoms with Crippen LogP contribution >= 0.6 is 0 Å². The molecule has 1 heterocycles. The molecule has 0 radical (unpaired) electrons. The molecule has 0 bridgehead atoms. The lowest BCUT2D eigenvalue weighted by Gasteiger charge is -2.31. The van der Waals surface area contributed by atoms with E-state index in [0.29, 0.717) is 0 Å². The number of nitrogens with zero attached hydrogens (tertiary/aromatic N) is 2. The summed E-state index contributed by atoms with van der Waals surface area (Å²) in [6.07, 6.45) is 7.21. The Balaban J connectivity index is 2.01. The molecule has 5 nitrogen and oxygen atoms in total. The van der Waals surface area contributed by atoms with E-state index >= 15 is 0 Å². The fourth-order valence-electron chi connectivity index (χ4n) is 2.91. The molecular weight excluding hydrogens is 218 g/mol. The summed E-state index contributed by atoms with van der Waals surface area (Å²) in [4.78, 5) is 11.4. The van der Waals surface area contributed by atoms with Crippen LogP contribution in [0.2, 0.25) is 0 Å². The predicted molar refractivity (Wildman–Crippen MR) is 63.6 cm³/mol. The molecule has 1 fully saturated rings. The Morgan fingerprint density at radius 3 is 3.12 bits per heavy atom. The number of hydrogen-bond acceptors (Lipinski definition) is 3. The number of likely N-dealkylation sites (N-methyl/N-ethyl adjacent to an activating group) is 1. The highest BCUT2D eigenvalue weighted by atomic mass is 16.4. The largest absolute Gasteiger partial charge is 0.480 e. The first-order valence-electron chi connectivity index (χ1n) is 6.09. The monoisotopic (exact) mass is 237 g/mol. The Labute approximate surface area is 101 Å². The predicted octanol–water partition coefficient (Wildman–Crippen LogP) is 1.12. The van der Waals surface area contributed by atoms with Crippen LogP contribution in [0.3, 0.4) is 0 Å². The average molecular weight is 237 g/mol. The molecule has 0 aliphatic heterocycles. The number of hydrogen-bond donors (Lipinski definition) is 2. The SMILES string of the molecule is CNC1(C(=O)O)CCCC1CCn1cccn1. The second-order valence-electron chi connectivity index (χ2n) is 4.67. The quantitative estimate of drug-likeness (QED) is 0.805. The molecule has 2 N–H and O–H groups in total. The molecule has 1 aliphatic carbocycles. The van der Waals surface area contributed by atoms with E-state index in [4.69, 9.17) is 0 Å². The fraction of sp³-hybridized carbons (Fsp3) is 0.667. The minimum atomic E-state index is -0.729. The number of carbonyl (C=O) groups is 1. The van der Waals surface area contributed by atoms with Crippen molar-refractivity contribution in [2.45, 2.75) is 37.8 Å². The van der Waals surface area contributed by atoms with Crippen molar-refractivity contribution in [3.63, 3.8) is 0 Å². The van der Waals surface area contributed by atoms with Gasteiger partial charge < -0.3 is 10.4 Å². The standard InChI is InChI=1S/C12H19N3O2/c1-13-12(11(16)17)6-2-4-10(12)5-9-15-8-3-7-14-15/h3,7-8,10,13H,2,4-6,9H2,1H3,(H,16,17). The van der Waals surface area contributed by atoms with Crippen molar-refractivity contribution in [3.05, 3.63) is 18.5 Å². The van der Waals surface area contributed by atoms with Crippen molar-refractivity contribution in [1.82, 2.24) is 15.1 Å². The lowest BCUT2D eigenvalue weighted by molar-refractivity contribution is -0.146. The lowest BCUT2D eigenvalue weighted by atomic mass is 9.85. The zero-order valence-corrected chi connectivity index (χ0v) is 10.1. The summed E-state index contributed by atoms with van der Waals surface area (Å²) in [5, 5.41) is 16.6. The smallest absolute Gasteiger partial charge is 0.324 e. The topological polar surface area (TPSA) is 67.2 Å². The van der Waals surface area contributed by atoms with Gasteiger partial charge in [-0.3, -0.25) is 9.48 Å². The highest BCUT2D eigenvalue weighted by molar-refractivity contribution is 5.79. The van der Waals surface area contributed by atoms with Crippen molar-refractivity contribution >= 4 is 5.97 Å². The minimum absolute atomic E-state index is 0.189. The fourth-order valence-corrected chi connectivity index (χ4v) is 2.91. The first-order valence-corrected chi connectivity index (χ1v) is 6.09. The third-order valence-electron chi connectivity index (χ3n) is 3.91. The summed E-state index contributed by atoms with van der Waals surface area (Å²) in [5.74, 6) is -0.530. The van der Waals surface area contributed by atoms with Crippen LogP contribution < -0.4 is 5.32 Å². The molecule has 1 aromatic rings. The number of aryl methyl sites for hydroxylation is 1. The summed E-state index contributed by atoms with van der Waals surface area (Å²) in [5.41, 5.74) is -0.729. The Kier molecular flexibility index (Phi) is 3.47. The van der Waals surface area contributed by atoms with Gasteiger partial charge in [0.1, 0.15) is 5.54 Å². The molecule has 1 aromatic heterocycles. The van der Waals surface area contributed by atoms with E-state index in [1.807, 2.05) is 16.9 Å². The molecule has 0 aromatic carbocycles. The molecule has 2 unspecified atom stereocenters. The van der Waals surface area contributed by atoms with Crippen molar-refractivity contribution in [3.8, 4) is 0 Å². The van der Waals surface area contributed by atoms with Crippen LogP contribution in [0.15, 0.2) is 18.5 Å². The van der Waals surface area contributed by atoms with Gasteiger partial charge in [-0.15, -0.1) is 0 Å². The molecule has 2 atom stereocenters. The molecule has 0 saturated heterocycles. The minimum Gasteiger partial charge on any atom is -0.480 e. The number of aliphatic carboxylic acids is 1. The normalized spacial score (nSPS) is 28.4. The van der Waals surface area contributed by atoms with Gasteiger partial charge in [0.05, 0.1) is 0 Å². The Bertz CT molecular complexity index is 377.